The lowest BCUT2D eigenvalue weighted by Crippen LogP contribution is -2.33. The molecule has 0 saturated carbocycles. The number of carbonyl (C=O) groups is 1. The van der Waals surface area contributed by atoms with Gasteiger partial charge in [-0.3, -0.25) is 4.79 Å². The van der Waals surface area contributed by atoms with Crippen molar-refractivity contribution in [1.82, 2.24) is 4.90 Å². The topological polar surface area (TPSA) is 20.3 Å². The van der Waals surface area contributed by atoms with Crippen molar-refractivity contribution in [3.63, 3.8) is 0 Å². The van der Waals surface area contributed by atoms with Crippen LogP contribution in [0.15, 0.2) is 30.3 Å². The Morgan fingerprint density at radius 2 is 1.69 bits per heavy atom. The fourth-order valence-electron chi connectivity index (χ4n) is 2.84. The molecule has 0 radical (unpaired) electrons. The van der Waals surface area contributed by atoms with Crippen molar-refractivity contribution in [2.75, 3.05) is 18.8 Å². The standard InChI is InChI=1S/C18H14F5NOS/c19-10-1-3-13(20)12(9-10)15-5-6-24(7-8-26-15)18(25)11-2-4-14(21)17(23)16(11)22/h1-4,9,15H,5-8H2/t15-/m0/s1. The van der Waals surface area contributed by atoms with E-state index in [1.54, 1.807) is 0 Å². The molecule has 0 spiro atoms. The van der Waals surface area contributed by atoms with Gasteiger partial charge in [0, 0.05) is 29.7 Å². The van der Waals surface area contributed by atoms with Gasteiger partial charge in [-0.15, -0.1) is 0 Å². The van der Waals surface area contributed by atoms with E-state index in [9.17, 15) is 26.7 Å². The van der Waals surface area contributed by atoms with E-state index in [4.69, 9.17) is 0 Å². The lowest BCUT2D eigenvalue weighted by atomic mass is 10.1. The van der Waals surface area contributed by atoms with E-state index in [2.05, 4.69) is 0 Å². The minimum absolute atomic E-state index is 0.158. The number of rotatable bonds is 2. The molecule has 138 valence electrons. The molecule has 3 rings (SSSR count). The molecule has 1 saturated heterocycles. The Hall–Kier alpha value is -2.09. The summed E-state index contributed by atoms with van der Waals surface area (Å²) in [5.41, 5.74) is -0.340. The van der Waals surface area contributed by atoms with Gasteiger partial charge in [0.2, 0.25) is 0 Å². The van der Waals surface area contributed by atoms with Gasteiger partial charge in [0.15, 0.2) is 17.5 Å². The summed E-state index contributed by atoms with van der Waals surface area (Å²) in [6.07, 6.45) is 0.322. The van der Waals surface area contributed by atoms with Crippen LogP contribution in [0.4, 0.5) is 22.0 Å². The lowest BCUT2D eigenvalue weighted by molar-refractivity contribution is 0.0760. The quantitative estimate of drug-likeness (QED) is 0.550. The predicted octanol–water partition coefficient (Wildman–Crippen LogP) is 4.70. The Kier molecular flexibility index (Phi) is 5.50. The molecule has 1 fully saturated rings. The van der Waals surface area contributed by atoms with Crippen molar-refractivity contribution in [3.8, 4) is 0 Å². The minimum atomic E-state index is -1.69. The second-order valence-corrected chi connectivity index (χ2v) is 7.14. The predicted molar refractivity (Wildman–Crippen MR) is 88.4 cm³/mol. The second-order valence-electron chi connectivity index (χ2n) is 5.83. The molecule has 1 aliphatic rings. The maximum atomic E-state index is 14.0. The molecule has 0 aliphatic carbocycles. The molecular formula is C18H14F5NOS. The highest BCUT2D eigenvalue weighted by atomic mass is 32.2. The summed E-state index contributed by atoms with van der Waals surface area (Å²) in [6, 6.07) is 4.80. The summed E-state index contributed by atoms with van der Waals surface area (Å²) in [4.78, 5) is 13.8. The summed E-state index contributed by atoms with van der Waals surface area (Å²) >= 11 is 1.36. The minimum Gasteiger partial charge on any atom is -0.338 e. The Morgan fingerprint density at radius 3 is 2.46 bits per heavy atom. The number of amides is 1. The van der Waals surface area contributed by atoms with Crippen molar-refractivity contribution in [3.05, 3.63) is 70.5 Å². The third-order valence-electron chi connectivity index (χ3n) is 4.20. The summed E-state index contributed by atoms with van der Waals surface area (Å²) < 4.78 is 67.6. The zero-order valence-electron chi connectivity index (χ0n) is 13.4. The van der Waals surface area contributed by atoms with Crippen LogP contribution in [0.1, 0.15) is 27.6 Å². The SMILES string of the molecule is O=C(c1ccc(F)c(F)c1F)N1CCS[C@H](c2cc(F)ccc2F)CC1. The third-order valence-corrected chi connectivity index (χ3v) is 5.51. The molecule has 2 aromatic carbocycles. The maximum Gasteiger partial charge on any atom is 0.256 e. The van der Waals surface area contributed by atoms with Crippen LogP contribution in [0.25, 0.3) is 0 Å². The van der Waals surface area contributed by atoms with Crippen LogP contribution in [0.2, 0.25) is 0 Å². The molecule has 0 unspecified atom stereocenters. The number of thioether (sulfide) groups is 1. The molecule has 0 aromatic heterocycles. The van der Waals surface area contributed by atoms with Crippen molar-refractivity contribution in [2.24, 2.45) is 0 Å². The summed E-state index contributed by atoms with van der Waals surface area (Å²) in [7, 11) is 0. The number of hydrogen-bond donors (Lipinski definition) is 0. The average molecular weight is 387 g/mol. The summed E-state index contributed by atoms with van der Waals surface area (Å²) in [5.74, 6) is -6.02. The number of benzene rings is 2. The lowest BCUT2D eigenvalue weighted by Gasteiger charge is -2.21. The van der Waals surface area contributed by atoms with E-state index in [1.165, 1.54) is 16.7 Å². The molecule has 8 heteroatoms. The summed E-state index contributed by atoms with van der Waals surface area (Å²) in [5, 5.41) is -0.363. The first-order valence-electron chi connectivity index (χ1n) is 7.88. The molecule has 1 amide bonds. The highest BCUT2D eigenvalue weighted by Crippen LogP contribution is 2.36. The van der Waals surface area contributed by atoms with Crippen molar-refractivity contribution < 1.29 is 26.7 Å². The first kappa shape index (κ1) is 18.7. The van der Waals surface area contributed by atoms with Crippen LogP contribution in [0.5, 0.6) is 0 Å². The van der Waals surface area contributed by atoms with E-state index in [0.717, 1.165) is 24.3 Å². The van der Waals surface area contributed by atoms with Crippen molar-refractivity contribution in [2.45, 2.75) is 11.7 Å². The van der Waals surface area contributed by atoms with Gasteiger partial charge in [-0.2, -0.15) is 11.8 Å². The fraction of sp³-hybridized carbons (Fsp3) is 0.278. The first-order chi connectivity index (χ1) is 12.4. The zero-order valence-corrected chi connectivity index (χ0v) is 14.3. The van der Waals surface area contributed by atoms with Gasteiger partial charge in [-0.1, -0.05) is 0 Å². The molecular weight excluding hydrogens is 373 g/mol. The highest BCUT2D eigenvalue weighted by Gasteiger charge is 2.27. The Morgan fingerprint density at radius 1 is 0.962 bits per heavy atom. The molecule has 0 N–H and O–H groups in total. The van der Waals surface area contributed by atoms with E-state index in [1.807, 2.05) is 0 Å². The van der Waals surface area contributed by atoms with Gasteiger partial charge in [0.05, 0.1) is 5.56 Å². The van der Waals surface area contributed by atoms with Crippen LogP contribution in [0, 0.1) is 29.1 Å². The zero-order chi connectivity index (χ0) is 18.8. The number of halogens is 5. The highest BCUT2D eigenvalue weighted by molar-refractivity contribution is 7.99. The Bertz CT molecular complexity index is 845. The molecule has 1 atom stereocenters. The monoisotopic (exact) mass is 387 g/mol. The molecule has 26 heavy (non-hydrogen) atoms. The van der Waals surface area contributed by atoms with Gasteiger partial charge in [0.25, 0.3) is 5.91 Å². The Balaban J connectivity index is 1.77. The van der Waals surface area contributed by atoms with E-state index in [0.29, 0.717) is 18.2 Å². The van der Waals surface area contributed by atoms with Crippen LogP contribution in [-0.2, 0) is 0 Å². The van der Waals surface area contributed by atoms with Gasteiger partial charge in [-0.25, -0.2) is 22.0 Å². The van der Waals surface area contributed by atoms with Crippen LogP contribution < -0.4 is 0 Å². The maximum absolute atomic E-state index is 14.0. The normalized spacial score (nSPS) is 17.9. The number of nitrogens with zero attached hydrogens (tertiary/aromatic N) is 1. The van der Waals surface area contributed by atoms with Crippen LogP contribution in [-0.4, -0.2) is 29.6 Å². The van der Waals surface area contributed by atoms with Gasteiger partial charge >= 0.3 is 0 Å². The molecule has 0 bridgehead atoms. The van der Waals surface area contributed by atoms with Crippen molar-refractivity contribution >= 4 is 17.7 Å². The number of hydrogen-bond acceptors (Lipinski definition) is 2. The molecule has 1 aliphatic heterocycles. The number of carbonyl (C=O) groups excluding carboxylic acids is 1. The first-order valence-corrected chi connectivity index (χ1v) is 8.92. The van der Waals surface area contributed by atoms with E-state index >= 15 is 0 Å². The van der Waals surface area contributed by atoms with Crippen LogP contribution >= 0.6 is 11.8 Å². The fourth-order valence-corrected chi connectivity index (χ4v) is 4.09. The molecule has 2 nitrogen and oxygen atoms in total. The molecule has 1 heterocycles. The Labute approximate surface area is 151 Å². The van der Waals surface area contributed by atoms with Crippen molar-refractivity contribution in [1.29, 1.82) is 0 Å². The largest absolute Gasteiger partial charge is 0.338 e. The second kappa shape index (κ2) is 7.65. The van der Waals surface area contributed by atoms with Gasteiger partial charge in [-0.05, 0) is 36.8 Å². The van der Waals surface area contributed by atoms with Gasteiger partial charge < -0.3 is 4.90 Å². The van der Waals surface area contributed by atoms with E-state index < -0.39 is 40.6 Å². The average Bonchev–Trinajstić information content (AvgIpc) is 2.87. The smallest absolute Gasteiger partial charge is 0.256 e. The van der Waals surface area contributed by atoms with E-state index in [-0.39, 0.29) is 23.9 Å². The van der Waals surface area contributed by atoms with Gasteiger partial charge in [0.1, 0.15) is 11.6 Å². The van der Waals surface area contributed by atoms with Crippen LogP contribution in [0.3, 0.4) is 0 Å². The molecule has 2 aromatic rings. The third kappa shape index (κ3) is 3.70. The summed E-state index contributed by atoms with van der Waals surface area (Å²) in [6.45, 7) is 0.389.